The molecule has 19 heavy (non-hydrogen) atoms. The number of nitrogen functional groups attached to an aromatic ring is 1. The summed E-state index contributed by atoms with van der Waals surface area (Å²) in [5.74, 6) is 0.498. The van der Waals surface area contributed by atoms with E-state index < -0.39 is 12.7 Å². The molecule has 2 N–H and O–H groups in total. The largest absolute Gasteiger partial charge is 0.493 e. The standard InChI is InChI=1S/C13H19F3N2O/c1-3-5-19-12-7-10(17)6-11(8-12)18(4-2)9-13(14,15)16/h6-8H,3-5,9,17H2,1-2H3. The Bertz CT molecular complexity index is 407. The zero-order chi connectivity index (χ0) is 14.5. The molecule has 0 aromatic heterocycles. The molecule has 1 aromatic carbocycles. The molecule has 3 nitrogen and oxygen atoms in total. The van der Waals surface area contributed by atoms with Crippen LogP contribution in [0.15, 0.2) is 18.2 Å². The monoisotopic (exact) mass is 276 g/mol. The van der Waals surface area contributed by atoms with E-state index in [1.807, 2.05) is 6.92 Å². The second-order valence-corrected chi connectivity index (χ2v) is 4.24. The van der Waals surface area contributed by atoms with Crippen molar-refractivity contribution in [3.63, 3.8) is 0 Å². The molecule has 0 unspecified atom stereocenters. The maximum atomic E-state index is 12.5. The first-order valence-corrected chi connectivity index (χ1v) is 6.20. The van der Waals surface area contributed by atoms with Crippen LogP contribution in [0.4, 0.5) is 24.5 Å². The molecule has 0 bridgehead atoms. The minimum atomic E-state index is -4.24. The van der Waals surface area contributed by atoms with Crippen molar-refractivity contribution in [2.24, 2.45) is 0 Å². The minimum absolute atomic E-state index is 0.246. The van der Waals surface area contributed by atoms with Gasteiger partial charge in [0.2, 0.25) is 0 Å². The smallest absolute Gasteiger partial charge is 0.405 e. The molecular formula is C13H19F3N2O. The molecule has 0 amide bonds. The fourth-order valence-electron chi connectivity index (χ4n) is 1.69. The fourth-order valence-corrected chi connectivity index (χ4v) is 1.69. The van der Waals surface area contributed by atoms with Crippen LogP contribution in [0.3, 0.4) is 0 Å². The molecule has 1 rings (SSSR count). The highest BCUT2D eigenvalue weighted by Crippen LogP contribution is 2.28. The van der Waals surface area contributed by atoms with Crippen LogP contribution in [0.1, 0.15) is 20.3 Å². The summed E-state index contributed by atoms with van der Waals surface area (Å²) in [7, 11) is 0. The Balaban J connectivity index is 2.93. The van der Waals surface area contributed by atoms with E-state index in [0.29, 0.717) is 23.7 Å². The Morgan fingerprint density at radius 3 is 2.42 bits per heavy atom. The highest BCUT2D eigenvalue weighted by Gasteiger charge is 2.30. The van der Waals surface area contributed by atoms with Gasteiger partial charge in [0, 0.05) is 30.1 Å². The first-order valence-electron chi connectivity index (χ1n) is 6.20. The van der Waals surface area contributed by atoms with E-state index in [2.05, 4.69) is 0 Å². The van der Waals surface area contributed by atoms with Gasteiger partial charge in [-0.15, -0.1) is 0 Å². The van der Waals surface area contributed by atoms with Gasteiger partial charge in [0.15, 0.2) is 0 Å². The summed E-state index contributed by atoms with van der Waals surface area (Å²) >= 11 is 0. The number of rotatable bonds is 6. The van der Waals surface area contributed by atoms with Crippen molar-refractivity contribution < 1.29 is 17.9 Å². The van der Waals surface area contributed by atoms with Gasteiger partial charge in [0.1, 0.15) is 12.3 Å². The lowest BCUT2D eigenvalue weighted by Gasteiger charge is -2.25. The average molecular weight is 276 g/mol. The molecule has 0 radical (unpaired) electrons. The van der Waals surface area contributed by atoms with Crippen molar-refractivity contribution in [2.75, 3.05) is 30.3 Å². The third kappa shape index (κ3) is 5.28. The second kappa shape index (κ2) is 6.54. The van der Waals surface area contributed by atoms with Crippen LogP contribution in [0, 0.1) is 0 Å². The van der Waals surface area contributed by atoms with Crippen LogP contribution in [0.5, 0.6) is 5.75 Å². The number of halogens is 3. The Labute approximate surface area is 111 Å². The zero-order valence-corrected chi connectivity index (χ0v) is 11.1. The molecule has 0 saturated heterocycles. The predicted molar refractivity (Wildman–Crippen MR) is 70.6 cm³/mol. The number of anilines is 2. The molecule has 6 heteroatoms. The van der Waals surface area contributed by atoms with Gasteiger partial charge in [-0.3, -0.25) is 0 Å². The number of hydrogen-bond donors (Lipinski definition) is 1. The van der Waals surface area contributed by atoms with Crippen molar-refractivity contribution in [1.29, 1.82) is 0 Å². The third-order valence-electron chi connectivity index (χ3n) is 2.50. The lowest BCUT2D eigenvalue weighted by molar-refractivity contribution is -0.119. The van der Waals surface area contributed by atoms with Gasteiger partial charge in [-0.25, -0.2) is 0 Å². The maximum absolute atomic E-state index is 12.5. The number of alkyl halides is 3. The Hall–Kier alpha value is -1.59. The fraction of sp³-hybridized carbons (Fsp3) is 0.538. The molecule has 1 aromatic rings. The highest BCUT2D eigenvalue weighted by atomic mass is 19.4. The van der Waals surface area contributed by atoms with E-state index in [9.17, 15) is 13.2 Å². The Morgan fingerprint density at radius 1 is 1.21 bits per heavy atom. The van der Waals surface area contributed by atoms with Crippen LogP contribution in [0.2, 0.25) is 0 Å². The van der Waals surface area contributed by atoms with Gasteiger partial charge in [-0.2, -0.15) is 13.2 Å². The number of benzene rings is 1. The SMILES string of the molecule is CCCOc1cc(N)cc(N(CC)CC(F)(F)F)c1. The molecule has 0 saturated carbocycles. The first kappa shape index (κ1) is 15.5. The van der Waals surface area contributed by atoms with Gasteiger partial charge in [-0.1, -0.05) is 6.92 Å². The molecular weight excluding hydrogens is 257 g/mol. The number of nitrogens with zero attached hydrogens (tertiary/aromatic N) is 1. The van der Waals surface area contributed by atoms with E-state index >= 15 is 0 Å². The highest BCUT2D eigenvalue weighted by molar-refractivity contribution is 5.60. The molecule has 0 aliphatic heterocycles. The number of nitrogens with two attached hydrogens (primary N) is 1. The molecule has 0 spiro atoms. The van der Waals surface area contributed by atoms with Crippen molar-refractivity contribution in [3.8, 4) is 5.75 Å². The van der Waals surface area contributed by atoms with E-state index in [0.717, 1.165) is 6.42 Å². The zero-order valence-electron chi connectivity index (χ0n) is 11.1. The summed E-state index contributed by atoms with van der Waals surface area (Å²) in [6, 6.07) is 4.72. The Kier molecular flexibility index (Phi) is 5.32. The van der Waals surface area contributed by atoms with Crippen LogP contribution in [-0.2, 0) is 0 Å². The maximum Gasteiger partial charge on any atom is 0.405 e. The quantitative estimate of drug-likeness (QED) is 0.809. The van der Waals surface area contributed by atoms with E-state index in [1.54, 1.807) is 19.1 Å². The summed E-state index contributed by atoms with van der Waals surface area (Å²) in [5.41, 5.74) is 6.51. The van der Waals surface area contributed by atoms with Crippen LogP contribution in [0.25, 0.3) is 0 Å². The predicted octanol–water partition coefficient (Wildman–Crippen LogP) is 3.45. The normalized spacial score (nSPS) is 11.4. The van der Waals surface area contributed by atoms with Gasteiger partial charge >= 0.3 is 6.18 Å². The third-order valence-corrected chi connectivity index (χ3v) is 2.50. The number of ether oxygens (including phenoxy) is 1. The average Bonchev–Trinajstić information content (AvgIpc) is 2.31. The van der Waals surface area contributed by atoms with Crippen molar-refractivity contribution >= 4 is 11.4 Å². The van der Waals surface area contributed by atoms with Crippen molar-refractivity contribution in [3.05, 3.63) is 18.2 Å². The number of hydrogen-bond acceptors (Lipinski definition) is 3. The summed E-state index contributed by atoms with van der Waals surface area (Å²) in [6.07, 6.45) is -3.42. The van der Waals surface area contributed by atoms with Gasteiger partial charge in [-0.05, 0) is 19.4 Å². The van der Waals surface area contributed by atoms with Crippen LogP contribution < -0.4 is 15.4 Å². The van der Waals surface area contributed by atoms with Crippen molar-refractivity contribution in [2.45, 2.75) is 26.4 Å². The van der Waals surface area contributed by atoms with Crippen LogP contribution in [-0.4, -0.2) is 25.9 Å². The van der Waals surface area contributed by atoms with Gasteiger partial charge in [0.25, 0.3) is 0 Å². The van der Waals surface area contributed by atoms with Crippen LogP contribution >= 0.6 is 0 Å². The van der Waals surface area contributed by atoms with E-state index in [4.69, 9.17) is 10.5 Å². The Morgan fingerprint density at radius 2 is 1.89 bits per heavy atom. The molecule has 0 fully saturated rings. The first-order chi connectivity index (χ1) is 8.85. The minimum Gasteiger partial charge on any atom is -0.493 e. The topological polar surface area (TPSA) is 38.5 Å². The van der Waals surface area contributed by atoms with Crippen molar-refractivity contribution in [1.82, 2.24) is 0 Å². The van der Waals surface area contributed by atoms with E-state index in [1.165, 1.54) is 11.0 Å². The lowest BCUT2D eigenvalue weighted by atomic mass is 10.2. The van der Waals surface area contributed by atoms with E-state index in [-0.39, 0.29) is 6.54 Å². The summed E-state index contributed by atoms with van der Waals surface area (Å²) in [5, 5.41) is 0. The molecule has 0 aliphatic carbocycles. The lowest BCUT2D eigenvalue weighted by Crippen LogP contribution is -2.34. The summed E-state index contributed by atoms with van der Waals surface area (Å²) < 4.78 is 42.8. The molecule has 0 heterocycles. The van der Waals surface area contributed by atoms with Gasteiger partial charge < -0.3 is 15.4 Å². The molecule has 108 valence electrons. The molecule has 0 atom stereocenters. The summed E-state index contributed by atoms with van der Waals surface area (Å²) in [4.78, 5) is 1.22. The second-order valence-electron chi connectivity index (χ2n) is 4.24. The summed E-state index contributed by atoms with van der Waals surface area (Å²) in [6.45, 7) is 3.38. The van der Waals surface area contributed by atoms with Gasteiger partial charge in [0.05, 0.1) is 6.61 Å². The molecule has 0 aliphatic rings.